The summed E-state index contributed by atoms with van der Waals surface area (Å²) >= 11 is 3.25. The van der Waals surface area contributed by atoms with Crippen molar-refractivity contribution in [3.05, 3.63) is 34.3 Å². The van der Waals surface area contributed by atoms with Crippen LogP contribution in [0.5, 0.6) is 0 Å². The molecule has 0 aliphatic carbocycles. The first-order valence-corrected chi connectivity index (χ1v) is 8.54. The Balaban J connectivity index is 2.27. The molecular formula is C12H16BrN5O2S. The highest BCUT2D eigenvalue weighted by atomic mass is 79.9. The summed E-state index contributed by atoms with van der Waals surface area (Å²) < 4.78 is 29.7. The topological polar surface area (TPSA) is 103 Å². The SMILES string of the molecule is CCn1cnnc1CNS(=O)(=O)c1cc(Br)cc(N)c1C. The van der Waals surface area contributed by atoms with Crippen molar-refractivity contribution in [1.29, 1.82) is 0 Å². The standard InChI is InChI=1S/C12H16BrN5O2S/c1-3-18-7-15-17-12(18)6-16-21(19,20)11-5-9(13)4-10(14)8(11)2/h4-5,7,16H,3,6,14H2,1-2H3. The molecule has 3 N–H and O–H groups in total. The van der Waals surface area contributed by atoms with Crippen molar-refractivity contribution in [2.75, 3.05) is 5.73 Å². The Labute approximate surface area is 131 Å². The number of sulfonamides is 1. The molecule has 1 heterocycles. The van der Waals surface area contributed by atoms with Crippen LogP contribution in [0.1, 0.15) is 18.3 Å². The largest absolute Gasteiger partial charge is 0.398 e. The molecule has 7 nitrogen and oxygen atoms in total. The van der Waals surface area contributed by atoms with Gasteiger partial charge in [-0.15, -0.1) is 10.2 Å². The van der Waals surface area contributed by atoms with E-state index in [-0.39, 0.29) is 11.4 Å². The molecule has 0 unspecified atom stereocenters. The molecule has 0 saturated heterocycles. The molecule has 114 valence electrons. The number of hydrogen-bond donors (Lipinski definition) is 2. The number of rotatable bonds is 5. The molecule has 0 aliphatic heterocycles. The van der Waals surface area contributed by atoms with E-state index in [2.05, 4.69) is 30.8 Å². The molecule has 0 radical (unpaired) electrons. The van der Waals surface area contributed by atoms with Crippen LogP contribution in [0.15, 0.2) is 27.8 Å². The number of nitrogens with one attached hydrogen (secondary N) is 1. The Morgan fingerprint density at radius 2 is 2.14 bits per heavy atom. The molecule has 2 rings (SSSR count). The van der Waals surface area contributed by atoms with E-state index in [9.17, 15) is 8.42 Å². The van der Waals surface area contributed by atoms with E-state index in [4.69, 9.17) is 5.73 Å². The van der Waals surface area contributed by atoms with Crippen molar-refractivity contribution in [2.45, 2.75) is 31.8 Å². The minimum atomic E-state index is -3.68. The van der Waals surface area contributed by atoms with Crippen molar-refractivity contribution < 1.29 is 8.42 Å². The number of aryl methyl sites for hydroxylation is 1. The first-order chi connectivity index (χ1) is 9.85. The molecular weight excluding hydrogens is 358 g/mol. The Morgan fingerprint density at radius 1 is 1.43 bits per heavy atom. The van der Waals surface area contributed by atoms with Gasteiger partial charge in [-0.3, -0.25) is 0 Å². The molecule has 2 aromatic rings. The van der Waals surface area contributed by atoms with Gasteiger partial charge in [-0.1, -0.05) is 15.9 Å². The molecule has 1 aromatic heterocycles. The fraction of sp³-hybridized carbons (Fsp3) is 0.333. The number of hydrogen-bond acceptors (Lipinski definition) is 5. The number of aromatic nitrogens is 3. The van der Waals surface area contributed by atoms with Crippen LogP contribution in [-0.2, 0) is 23.1 Å². The third kappa shape index (κ3) is 3.42. The number of anilines is 1. The van der Waals surface area contributed by atoms with Gasteiger partial charge in [0.15, 0.2) is 0 Å². The first kappa shape index (κ1) is 15.9. The van der Waals surface area contributed by atoms with Crippen molar-refractivity contribution in [2.24, 2.45) is 0 Å². The zero-order valence-corrected chi connectivity index (χ0v) is 14.1. The van der Waals surface area contributed by atoms with Gasteiger partial charge in [0, 0.05) is 16.7 Å². The fourth-order valence-electron chi connectivity index (χ4n) is 1.87. The smallest absolute Gasteiger partial charge is 0.241 e. The van der Waals surface area contributed by atoms with Crippen molar-refractivity contribution in [1.82, 2.24) is 19.5 Å². The minimum absolute atomic E-state index is 0.0715. The maximum atomic E-state index is 12.4. The van der Waals surface area contributed by atoms with Gasteiger partial charge in [0.25, 0.3) is 0 Å². The van der Waals surface area contributed by atoms with Crippen LogP contribution in [0.3, 0.4) is 0 Å². The molecule has 0 amide bonds. The van der Waals surface area contributed by atoms with Crippen LogP contribution in [-0.4, -0.2) is 23.2 Å². The fourth-order valence-corrected chi connectivity index (χ4v) is 3.78. The van der Waals surface area contributed by atoms with Gasteiger partial charge in [-0.2, -0.15) is 0 Å². The molecule has 0 saturated carbocycles. The van der Waals surface area contributed by atoms with E-state index in [1.807, 2.05) is 6.92 Å². The number of nitrogen functional groups attached to an aromatic ring is 1. The maximum absolute atomic E-state index is 12.4. The Kier molecular flexibility index (Phi) is 4.64. The summed E-state index contributed by atoms with van der Waals surface area (Å²) in [6.45, 7) is 4.35. The predicted octanol–water partition coefficient (Wildman–Crippen LogP) is 1.43. The van der Waals surface area contributed by atoms with Crippen molar-refractivity contribution in [3.8, 4) is 0 Å². The Morgan fingerprint density at radius 3 is 2.81 bits per heavy atom. The molecule has 0 fully saturated rings. The summed E-state index contributed by atoms with van der Waals surface area (Å²) in [6, 6.07) is 3.20. The lowest BCUT2D eigenvalue weighted by Crippen LogP contribution is -2.26. The van der Waals surface area contributed by atoms with Crippen LogP contribution in [0.2, 0.25) is 0 Å². The molecule has 0 aliphatic rings. The second-order valence-corrected chi connectivity index (χ2v) is 7.13. The molecule has 9 heteroatoms. The Bertz CT molecular complexity index is 757. The minimum Gasteiger partial charge on any atom is -0.398 e. The van der Waals surface area contributed by atoms with Crippen LogP contribution in [0.25, 0.3) is 0 Å². The summed E-state index contributed by atoms with van der Waals surface area (Å²) in [4.78, 5) is 0.150. The quantitative estimate of drug-likeness (QED) is 0.771. The van der Waals surface area contributed by atoms with Gasteiger partial charge >= 0.3 is 0 Å². The highest BCUT2D eigenvalue weighted by Gasteiger charge is 2.19. The second-order valence-electron chi connectivity index (χ2n) is 4.48. The van der Waals surface area contributed by atoms with Gasteiger partial charge in [-0.25, -0.2) is 13.1 Å². The van der Waals surface area contributed by atoms with Crippen molar-refractivity contribution in [3.63, 3.8) is 0 Å². The van der Waals surface area contributed by atoms with Gasteiger partial charge in [0.2, 0.25) is 10.0 Å². The molecule has 0 spiro atoms. The number of nitrogens with zero attached hydrogens (tertiary/aromatic N) is 3. The lowest BCUT2D eigenvalue weighted by atomic mass is 10.2. The maximum Gasteiger partial charge on any atom is 0.241 e. The number of halogens is 1. The van der Waals surface area contributed by atoms with E-state index in [0.29, 0.717) is 28.1 Å². The summed E-state index contributed by atoms with van der Waals surface area (Å²) in [7, 11) is -3.68. The third-order valence-electron chi connectivity index (χ3n) is 3.11. The van der Waals surface area contributed by atoms with E-state index in [1.165, 1.54) is 6.07 Å². The van der Waals surface area contributed by atoms with Crippen LogP contribution >= 0.6 is 15.9 Å². The number of nitrogens with two attached hydrogens (primary N) is 1. The zero-order valence-electron chi connectivity index (χ0n) is 11.7. The lowest BCUT2D eigenvalue weighted by Gasteiger charge is -2.11. The molecule has 1 aromatic carbocycles. The highest BCUT2D eigenvalue weighted by molar-refractivity contribution is 9.10. The van der Waals surface area contributed by atoms with E-state index in [1.54, 1.807) is 23.9 Å². The molecule has 21 heavy (non-hydrogen) atoms. The van der Waals surface area contributed by atoms with Crippen molar-refractivity contribution >= 4 is 31.6 Å². The summed E-state index contributed by atoms with van der Waals surface area (Å²) in [5, 5.41) is 7.66. The zero-order chi connectivity index (χ0) is 15.6. The normalized spacial score (nSPS) is 11.8. The number of benzene rings is 1. The van der Waals surface area contributed by atoms with Crippen LogP contribution < -0.4 is 10.5 Å². The highest BCUT2D eigenvalue weighted by Crippen LogP contribution is 2.26. The van der Waals surface area contributed by atoms with E-state index in [0.717, 1.165) is 0 Å². The van der Waals surface area contributed by atoms with Crippen LogP contribution in [0.4, 0.5) is 5.69 Å². The second kappa shape index (κ2) is 6.12. The van der Waals surface area contributed by atoms with Gasteiger partial charge < -0.3 is 10.3 Å². The average molecular weight is 374 g/mol. The predicted molar refractivity (Wildman–Crippen MR) is 83.0 cm³/mol. The Hall–Kier alpha value is -1.45. The monoisotopic (exact) mass is 373 g/mol. The van der Waals surface area contributed by atoms with Gasteiger partial charge in [0.05, 0.1) is 11.4 Å². The summed E-state index contributed by atoms with van der Waals surface area (Å²) in [6.07, 6.45) is 1.56. The lowest BCUT2D eigenvalue weighted by molar-refractivity contribution is 0.574. The van der Waals surface area contributed by atoms with Crippen LogP contribution in [0, 0.1) is 6.92 Å². The molecule has 0 bridgehead atoms. The average Bonchev–Trinajstić information content (AvgIpc) is 2.88. The van der Waals surface area contributed by atoms with E-state index >= 15 is 0 Å². The third-order valence-corrected chi connectivity index (χ3v) is 5.10. The van der Waals surface area contributed by atoms with Gasteiger partial charge in [-0.05, 0) is 31.5 Å². The summed E-state index contributed by atoms with van der Waals surface area (Å²) in [5.74, 6) is 0.557. The first-order valence-electron chi connectivity index (χ1n) is 6.27. The summed E-state index contributed by atoms with van der Waals surface area (Å²) in [5.41, 5.74) is 6.74. The van der Waals surface area contributed by atoms with E-state index < -0.39 is 10.0 Å². The molecule has 0 atom stereocenters. The van der Waals surface area contributed by atoms with Gasteiger partial charge in [0.1, 0.15) is 12.2 Å².